The third-order valence-electron chi connectivity index (χ3n) is 4.64. The van der Waals surface area contributed by atoms with Crippen LogP contribution in [0.1, 0.15) is 29.8 Å². The van der Waals surface area contributed by atoms with Crippen LogP contribution >= 0.6 is 0 Å². The molecule has 0 radical (unpaired) electrons. The molecule has 1 amide bonds. The number of piperazine rings is 1. The van der Waals surface area contributed by atoms with Crippen molar-refractivity contribution < 1.29 is 23.8 Å². The summed E-state index contributed by atoms with van der Waals surface area (Å²) < 4.78 is 10.4. The number of carbonyl (C=O) groups excluding carboxylic acids is 2. The van der Waals surface area contributed by atoms with Gasteiger partial charge in [-0.3, -0.25) is 9.69 Å². The van der Waals surface area contributed by atoms with Gasteiger partial charge in [0.2, 0.25) is 0 Å². The van der Waals surface area contributed by atoms with E-state index in [1.54, 1.807) is 17.9 Å². The molecule has 144 valence electrons. The summed E-state index contributed by atoms with van der Waals surface area (Å²) in [5.74, 6) is -0.343. The number of fused-ring (bicyclic) bond motifs is 1. The zero-order chi connectivity index (χ0) is 19.6. The zero-order valence-electron chi connectivity index (χ0n) is 15.4. The number of hydrogen-bond acceptors (Lipinski definition) is 7. The number of benzene rings is 1. The van der Waals surface area contributed by atoms with Crippen LogP contribution in [-0.4, -0.2) is 59.6 Å². The highest BCUT2D eigenvalue weighted by Crippen LogP contribution is 2.28. The predicted molar refractivity (Wildman–Crippen MR) is 98.0 cm³/mol. The van der Waals surface area contributed by atoms with Crippen LogP contribution in [0.4, 0.5) is 4.79 Å². The largest absolute Gasteiger partial charge is 0.507 e. The number of phenolic OH excluding ortho intramolecular Hbond substituents is 1. The van der Waals surface area contributed by atoms with Crippen LogP contribution in [0.5, 0.6) is 5.75 Å². The SMILES string of the molecule is CCOC(=O)N1CCN(Cc2c(O)ccc3cc(C(C)=O)c(=O)oc23)CC1. The van der Waals surface area contributed by atoms with E-state index in [1.807, 2.05) is 0 Å². The number of nitrogens with zero attached hydrogens (tertiary/aromatic N) is 2. The Morgan fingerprint density at radius 1 is 1.22 bits per heavy atom. The molecular weight excluding hydrogens is 352 g/mol. The van der Waals surface area contributed by atoms with Gasteiger partial charge in [0.15, 0.2) is 5.78 Å². The number of phenols is 1. The molecule has 1 N–H and O–H groups in total. The molecule has 0 atom stereocenters. The van der Waals surface area contributed by atoms with E-state index in [2.05, 4.69) is 4.90 Å². The lowest BCUT2D eigenvalue weighted by molar-refractivity contribution is 0.0776. The van der Waals surface area contributed by atoms with Crippen molar-refractivity contribution in [3.63, 3.8) is 0 Å². The fourth-order valence-corrected chi connectivity index (χ4v) is 3.16. The van der Waals surface area contributed by atoms with Crippen LogP contribution in [0.3, 0.4) is 0 Å². The molecule has 1 aromatic carbocycles. The van der Waals surface area contributed by atoms with Crippen LogP contribution in [0, 0.1) is 0 Å². The summed E-state index contributed by atoms with van der Waals surface area (Å²) in [5, 5.41) is 10.9. The smallest absolute Gasteiger partial charge is 0.409 e. The molecule has 1 aliphatic heterocycles. The Labute approximate surface area is 155 Å². The summed E-state index contributed by atoms with van der Waals surface area (Å²) in [4.78, 5) is 39.1. The third kappa shape index (κ3) is 3.95. The maximum absolute atomic E-state index is 12.1. The first kappa shape index (κ1) is 18.9. The lowest BCUT2D eigenvalue weighted by Crippen LogP contribution is -2.48. The average molecular weight is 374 g/mol. The number of rotatable bonds is 4. The highest BCUT2D eigenvalue weighted by Gasteiger charge is 2.24. The molecule has 2 aromatic rings. The summed E-state index contributed by atoms with van der Waals surface area (Å²) in [6.07, 6.45) is -0.326. The van der Waals surface area contributed by atoms with Crippen LogP contribution in [-0.2, 0) is 11.3 Å². The van der Waals surface area contributed by atoms with Gasteiger partial charge in [-0.1, -0.05) is 0 Å². The van der Waals surface area contributed by atoms with Gasteiger partial charge in [-0.2, -0.15) is 0 Å². The second kappa shape index (κ2) is 7.79. The number of amides is 1. The van der Waals surface area contributed by atoms with E-state index in [0.29, 0.717) is 50.3 Å². The minimum absolute atomic E-state index is 0.0119. The highest BCUT2D eigenvalue weighted by molar-refractivity contribution is 5.97. The molecule has 0 aliphatic carbocycles. The molecule has 1 fully saturated rings. The number of Topliss-reactive ketones (excluding diaryl/α,β-unsaturated/α-hetero) is 1. The van der Waals surface area contributed by atoms with Gasteiger partial charge in [-0.15, -0.1) is 0 Å². The Balaban J connectivity index is 1.82. The van der Waals surface area contributed by atoms with Gasteiger partial charge in [-0.05, 0) is 32.0 Å². The molecule has 1 aromatic heterocycles. The van der Waals surface area contributed by atoms with Crippen molar-refractivity contribution in [1.29, 1.82) is 0 Å². The Morgan fingerprint density at radius 3 is 2.56 bits per heavy atom. The van der Waals surface area contributed by atoms with Crippen LogP contribution in [0.15, 0.2) is 27.4 Å². The number of ether oxygens (including phenoxy) is 1. The molecule has 0 spiro atoms. The number of hydrogen-bond donors (Lipinski definition) is 1. The molecule has 3 rings (SSSR count). The first-order valence-corrected chi connectivity index (χ1v) is 8.84. The first-order valence-electron chi connectivity index (χ1n) is 8.84. The molecule has 1 saturated heterocycles. The van der Waals surface area contributed by atoms with Crippen molar-refractivity contribution >= 4 is 22.8 Å². The number of aromatic hydroxyl groups is 1. The van der Waals surface area contributed by atoms with Crippen molar-refractivity contribution in [2.45, 2.75) is 20.4 Å². The van der Waals surface area contributed by atoms with Gasteiger partial charge >= 0.3 is 11.7 Å². The van der Waals surface area contributed by atoms with E-state index in [9.17, 15) is 19.5 Å². The van der Waals surface area contributed by atoms with Gasteiger partial charge in [0.05, 0.1) is 12.2 Å². The van der Waals surface area contributed by atoms with E-state index < -0.39 is 5.63 Å². The molecule has 0 unspecified atom stereocenters. The van der Waals surface area contributed by atoms with Gasteiger partial charge < -0.3 is 19.2 Å². The van der Waals surface area contributed by atoms with Crippen LogP contribution in [0.2, 0.25) is 0 Å². The lowest BCUT2D eigenvalue weighted by Gasteiger charge is -2.34. The molecule has 8 nitrogen and oxygen atoms in total. The Hall–Kier alpha value is -2.87. The van der Waals surface area contributed by atoms with E-state index in [0.717, 1.165) is 0 Å². The van der Waals surface area contributed by atoms with Crippen molar-refractivity contribution in [2.75, 3.05) is 32.8 Å². The maximum atomic E-state index is 12.1. The molecule has 2 heterocycles. The Morgan fingerprint density at radius 2 is 1.93 bits per heavy atom. The summed E-state index contributed by atoms with van der Waals surface area (Å²) in [7, 11) is 0. The van der Waals surface area contributed by atoms with Crippen molar-refractivity contribution in [3.8, 4) is 5.75 Å². The van der Waals surface area contributed by atoms with Crippen molar-refractivity contribution in [3.05, 3.63) is 39.7 Å². The van der Waals surface area contributed by atoms with Crippen molar-refractivity contribution in [2.24, 2.45) is 0 Å². The molecule has 27 heavy (non-hydrogen) atoms. The highest BCUT2D eigenvalue weighted by atomic mass is 16.6. The lowest BCUT2D eigenvalue weighted by atomic mass is 10.1. The molecule has 8 heteroatoms. The van der Waals surface area contributed by atoms with Gasteiger partial charge in [0, 0.05) is 38.1 Å². The minimum atomic E-state index is -0.714. The number of carbonyl (C=O) groups is 2. The number of ketones is 1. The second-order valence-electron chi connectivity index (χ2n) is 6.45. The fourth-order valence-electron chi connectivity index (χ4n) is 3.16. The molecular formula is C19H22N2O6. The van der Waals surface area contributed by atoms with E-state index in [4.69, 9.17) is 9.15 Å². The summed E-state index contributed by atoms with van der Waals surface area (Å²) >= 11 is 0. The van der Waals surface area contributed by atoms with E-state index in [1.165, 1.54) is 19.1 Å². The maximum Gasteiger partial charge on any atom is 0.409 e. The van der Waals surface area contributed by atoms with Crippen molar-refractivity contribution in [1.82, 2.24) is 9.80 Å². The zero-order valence-corrected chi connectivity index (χ0v) is 15.4. The molecule has 0 bridgehead atoms. The van der Waals surface area contributed by atoms with Gasteiger partial charge in [-0.25, -0.2) is 9.59 Å². The summed E-state index contributed by atoms with van der Waals surface area (Å²) in [6.45, 7) is 6.01. The monoisotopic (exact) mass is 374 g/mol. The van der Waals surface area contributed by atoms with Gasteiger partial charge in [0.25, 0.3) is 0 Å². The summed E-state index contributed by atoms with van der Waals surface area (Å²) in [5.41, 5.74) is 0.0401. The minimum Gasteiger partial charge on any atom is -0.507 e. The Bertz CT molecular complexity index is 928. The topological polar surface area (TPSA) is 100 Å². The third-order valence-corrected chi connectivity index (χ3v) is 4.64. The average Bonchev–Trinajstić information content (AvgIpc) is 2.64. The summed E-state index contributed by atoms with van der Waals surface area (Å²) in [6, 6.07) is 4.63. The molecule has 0 saturated carbocycles. The van der Waals surface area contributed by atoms with E-state index in [-0.39, 0.29) is 28.8 Å². The normalized spacial score (nSPS) is 15.1. The van der Waals surface area contributed by atoms with Crippen LogP contribution in [0.25, 0.3) is 11.0 Å². The van der Waals surface area contributed by atoms with E-state index >= 15 is 0 Å². The predicted octanol–water partition coefficient (Wildman–Crippen LogP) is 1.98. The quantitative estimate of drug-likeness (QED) is 0.645. The standard InChI is InChI=1S/C19H22N2O6/c1-3-26-19(25)21-8-6-20(7-9-21)11-15-16(23)5-4-13-10-14(12(2)22)18(24)27-17(13)15/h4-5,10,23H,3,6-9,11H2,1-2H3. The van der Waals surface area contributed by atoms with Crippen LogP contribution < -0.4 is 5.63 Å². The van der Waals surface area contributed by atoms with Gasteiger partial charge in [0.1, 0.15) is 16.9 Å². The first-order chi connectivity index (χ1) is 12.9. The molecule has 1 aliphatic rings. The Kier molecular flexibility index (Phi) is 5.46. The fraction of sp³-hybridized carbons (Fsp3) is 0.421. The second-order valence-corrected chi connectivity index (χ2v) is 6.45.